The minimum atomic E-state index is -1.28. The number of hydrogen-bond donors (Lipinski definition) is 8. The van der Waals surface area contributed by atoms with E-state index in [-0.39, 0.29) is 94.7 Å². The largest absolute Gasteiger partial charge is 0.507 e. The van der Waals surface area contributed by atoms with E-state index in [4.69, 9.17) is 56.8 Å². The Kier molecular flexibility index (Phi) is 38.9. The molecule has 0 aliphatic heterocycles. The SMILES string of the molecule is CCCCCCCCOCOC(=O)COc1ccc(C2c3cc(c(O)cc3O)C(c3ccc(OCC(=O)OCOCCCCCCCC)cc3)c3cc(c(O)cc3O)C(c3ccc(OCC(=O)OCOCCCCCCCC)cc3)c3cc(c(O)cc3O)C(c3ccc(OCC(=O)OCOCCCCCCCC)cc3)c3cc2c(O)cc3O)cc1. The van der Waals surface area contributed by atoms with Gasteiger partial charge in [-0.05, 0) is 121 Å². The Labute approximate surface area is 704 Å². The zero-order chi connectivity index (χ0) is 85.4. The van der Waals surface area contributed by atoms with Crippen LogP contribution in [0.2, 0.25) is 0 Å². The molecule has 0 heterocycles. The highest BCUT2D eigenvalue weighted by molar-refractivity contribution is 5.73. The number of phenolic OH excluding ortho intramolecular Hbond substituents is 8. The van der Waals surface area contributed by atoms with E-state index in [9.17, 15) is 60.0 Å². The van der Waals surface area contributed by atoms with E-state index in [0.717, 1.165) is 153 Å². The van der Waals surface area contributed by atoms with Gasteiger partial charge in [0.1, 0.15) is 69.0 Å². The van der Waals surface area contributed by atoms with Crippen LogP contribution in [0.3, 0.4) is 0 Å². The van der Waals surface area contributed by atoms with Gasteiger partial charge in [-0.15, -0.1) is 0 Å². The molecular weight excluding hydrogens is 1540 g/mol. The summed E-state index contributed by atoms with van der Waals surface area (Å²) in [6.07, 6.45) is 25.5. The quantitative estimate of drug-likeness (QED) is 0.00760. The Hall–Kier alpha value is -10.9. The van der Waals surface area contributed by atoms with Crippen LogP contribution in [-0.2, 0) is 57.1 Å². The number of ether oxygens (including phenoxy) is 12. The fraction of sp³-hybridized carbons (Fsp3) is 0.458. The molecule has 8 aromatic rings. The molecule has 1 aliphatic rings. The van der Waals surface area contributed by atoms with Crippen LogP contribution < -0.4 is 18.9 Å². The van der Waals surface area contributed by atoms with Crippen molar-refractivity contribution in [3.05, 3.63) is 212 Å². The molecule has 9 rings (SSSR count). The second kappa shape index (κ2) is 50.2. The van der Waals surface area contributed by atoms with Gasteiger partial charge in [-0.1, -0.05) is 205 Å². The number of rotatable bonds is 52. The molecule has 120 heavy (non-hydrogen) atoms. The Bertz CT molecular complexity index is 3780. The lowest BCUT2D eigenvalue weighted by molar-refractivity contribution is -0.159. The van der Waals surface area contributed by atoms with Crippen molar-refractivity contribution in [2.75, 3.05) is 80.0 Å². The van der Waals surface area contributed by atoms with Gasteiger partial charge in [0, 0.05) is 92.4 Å². The molecule has 0 saturated carbocycles. The van der Waals surface area contributed by atoms with Crippen LogP contribution >= 0.6 is 0 Å². The van der Waals surface area contributed by atoms with Gasteiger partial charge in [0.15, 0.2) is 53.6 Å². The Morgan fingerprint density at radius 1 is 0.233 bits per heavy atom. The van der Waals surface area contributed by atoms with Gasteiger partial charge < -0.3 is 97.7 Å². The second-order valence-electron chi connectivity index (χ2n) is 30.3. The van der Waals surface area contributed by atoms with E-state index >= 15 is 0 Å². The van der Waals surface area contributed by atoms with E-state index in [1.807, 2.05) is 0 Å². The highest BCUT2D eigenvalue weighted by Crippen LogP contribution is 2.54. The lowest BCUT2D eigenvalue weighted by atomic mass is 9.75. The first kappa shape index (κ1) is 93.0. The van der Waals surface area contributed by atoms with Crippen LogP contribution in [0.15, 0.2) is 146 Å². The van der Waals surface area contributed by atoms with Gasteiger partial charge >= 0.3 is 23.9 Å². The van der Waals surface area contributed by atoms with Gasteiger partial charge in [0.05, 0.1) is 26.4 Å². The molecule has 0 amide bonds. The topological polar surface area (TPSA) is 341 Å². The molecule has 0 unspecified atom stereocenters. The summed E-state index contributed by atoms with van der Waals surface area (Å²) in [5.41, 5.74) is 1.78. The van der Waals surface area contributed by atoms with Crippen LogP contribution in [0.1, 0.15) is 272 Å². The molecule has 24 nitrogen and oxygen atoms in total. The second-order valence-corrected chi connectivity index (χ2v) is 30.3. The van der Waals surface area contributed by atoms with Crippen molar-refractivity contribution in [1.29, 1.82) is 0 Å². The lowest BCUT2D eigenvalue weighted by Crippen LogP contribution is -2.17. The number of carbonyl (C=O) groups excluding carboxylic acids is 4. The zero-order valence-electron chi connectivity index (χ0n) is 69.7. The maximum atomic E-state index is 13.0. The fourth-order valence-electron chi connectivity index (χ4n) is 14.8. The van der Waals surface area contributed by atoms with E-state index in [1.54, 1.807) is 97.1 Å². The Morgan fingerprint density at radius 2 is 0.400 bits per heavy atom. The monoisotopic (exact) mass is 1660 g/mol. The number of esters is 4. The molecule has 0 spiro atoms. The first-order chi connectivity index (χ1) is 58.4. The van der Waals surface area contributed by atoms with Crippen molar-refractivity contribution >= 4 is 23.9 Å². The number of carbonyl (C=O) groups is 4. The van der Waals surface area contributed by atoms with E-state index in [2.05, 4.69) is 27.7 Å². The Balaban J connectivity index is 1.15. The molecule has 24 heteroatoms. The van der Waals surface area contributed by atoms with Crippen LogP contribution in [0, 0.1) is 0 Å². The standard InChI is InChI=1S/C96H120O24/c1-5-9-13-17-21-25-45-109-61-117-89(105)57-113-69-37-29-65(30-38-69)93-73-49-75(83(99)53-81(73)97)94(66-31-39-70(40-32-66)114-58-90(106)118-62-110-46-26-22-18-14-10-6-2)77-51-79(87(103)55-85(77)101)96(68-35-43-72(44-36-68)116-60-92(108)120-64-112-48-28-24-20-16-12-8-4)80-52-78(86(102)56-88(80)104)95(76-50-74(93)82(98)54-84(76)100)67-33-41-71(42-34-67)115-59-91(107)119-63-111-47-27-23-19-15-11-7-3/h29-44,49-56,93-104H,5-28,45-48,57-64H2,1-4H3. The van der Waals surface area contributed by atoms with Crippen molar-refractivity contribution in [3.8, 4) is 69.0 Å². The summed E-state index contributed by atoms with van der Waals surface area (Å²) >= 11 is 0. The fourth-order valence-corrected chi connectivity index (χ4v) is 14.8. The zero-order valence-corrected chi connectivity index (χ0v) is 69.7. The highest BCUT2D eigenvalue weighted by Gasteiger charge is 2.36. The molecule has 0 radical (unpaired) electrons. The minimum Gasteiger partial charge on any atom is -0.507 e. The maximum Gasteiger partial charge on any atom is 0.346 e. The van der Waals surface area contributed by atoms with Crippen LogP contribution in [0.25, 0.3) is 0 Å². The number of benzene rings is 8. The summed E-state index contributed by atoms with van der Waals surface area (Å²) in [5, 5.41) is 101. The van der Waals surface area contributed by atoms with Crippen molar-refractivity contribution in [1.82, 2.24) is 0 Å². The average Bonchev–Trinajstić information content (AvgIpc) is 0.739. The van der Waals surface area contributed by atoms with Gasteiger partial charge in [-0.2, -0.15) is 0 Å². The van der Waals surface area contributed by atoms with E-state index in [1.165, 1.54) is 49.9 Å². The molecular formula is C96H120O24. The molecule has 0 aromatic heterocycles. The normalized spacial score (nSPS) is 14.2. The minimum absolute atomic E-state index is 0.0407. The van der Waals surface area contributed by atoms with Crippen LogP contribution in [-0.4, -0.2) is 145 Å². The van der Waals surface area contributed by atoms with Gasteiger partial charge in [0.2, 0.25) is 0 Å². The summed E-state index contributed by atoms with van der Waals surface area (Å²) in [6.45, 7) is 7.32. The van der Waals surface area contributed by atoms with Crippen LogP contribution in [0.4, 0.5) is 0 Å². The van der Waals surface area contributed by atoms with Crippen LogP contribution in [0.5, 0.6) is 69.0 Å². The molecule has 8 bridgehead atoms. The predicted octanol–water partition coefficient (Wildman–Crippen LogP) is 19.4. The summed E-state index contributed by atoms with van der Waals surface area (Å²) in [4.78, 5) is 52.1. The molecule has 0 fully saturated rings. The Morgan fingerprint density at radius 3 is 0.575 bits per heavy atom. The molecule has 0 atom stereocenters. The first-order valence-corrected chi connectivity index (χ1v) is 42.5. The molecule has 8 aromatic carbocycles. The third-order valence-electron chi connectivity index (χ3n) is 21.3. The van der Waals surface area contributed by atoms with E-state index < -0.39 is 120 Å². The highest BCUT2D eigenvalue weighted by atomic mass is 16.7. The van der Waals surface area contributed by atoms with Gasteiger partial charge in [0.25, 0.3) is 0 Å². The molecule has 1 aliphatic carbocycles. The lowest BCUT2D eigenvalue weighted by Gasteiger charge is -2.30. The average molecular weight is 1660 g/mol. The van der Waals surface area contributed by atoms with Crippen molar-refractivity contribution < 1.29 is 117 Å². The third kappa shape index (κ3) is 28.7. The first-order valence-electron chi connectivity index (χ1n) is 42.5. The van der Waals surface area contributed by atoms with Gasteiger partial charge in [-0.25, -0.2) is 19.2 Å². The molecule has 0 saturated heterocycles. The van der Waals surface area contributed by atoms with E-state index in [0.29, 0.717) is 48.7 Å². The predicted molar refractivity (Wildman–Crippen MR) is 452 cm³/mol. The number of fused-ring (bicyclic) bond motifs is 8. The molecule has 8 N–H and O–H groups in total. The smallest absolute Gasteiger partial charge is 0.346 e. The number of unbranched alkanes of at least 4 members (excludes halogenated alkanes) is 20. The summed E-state index contributed by atoms with van der Waals surface area (Å²) in [7, 11) is 0. The maximum absolute atomic E-state index is 13.0. The third-order valence-corrected chi connectivity index (χ3v) is 21.3. The van der Waals surface area contributed by atoms with Crippen molar-refractivity contribution in [2.45, 2.75) is 205 Å². The number of aromatic hydroxyl groups is 8. The summed E-state index contributed by atoms with van der Waals surface area (Å²) in [5.74, 6) is -11.0. The van der Waals surface area contributed by atoms with Gasteiger partial charge in [-0.3, -0.25) is 0 Å². The summed E-state index contributed by atoms with van der Waals surface area (Å²) < 4.78 is 67.3. The van der Waals surface area contributed by atoms with Crippen molar-refractivity contribution in [2.24, 2.45) is 0 Å². The summed E-state index contributed by atoms with van der Waals surface area (Å²) in [6, 6.07) is 36.0. The number of phenols is 8. The number of hydrogen-bond acceptors (Lipinski definition) is 24. The van der Waals surface area contributed by atoms with Crippen molar-refractivity contribution in [3.63, 3.8) is 0 Å². The molecule has 648 valence electrons.